The highest BCUT2D eigenvalue weighted by atomic mass is 19.3. The predicted octanol–water partition coefficient (Wildman–Crippen LogP) is 1.10. The first-order valence-electron chi connectivity index (χ1n) is 5.65. The molecule has 0 aromatic carbocycles. The van der Waals surface area contributed by atoms with Crippen LogP contribution in [-0.2, 0) is 14.3 Å². The van der Waals surface area contributed by atoms with Crippen LogP contribution in [0.15, 0.2) is 0 Å². The highest BCUT2D eigenvalue weighted by molar-refractivity contribution is 6.04. The second-order valence-corrected chi connectivity index (χ2v) is 5.65. The highest BCUT2D eigenvalue weighted by Gasteiger charge is 2.83. The van der Waals surface area contributed by atoms with E-state index < -0.39 is 47.4 Å². The van der Waals surface area contributed by atoms with E-state index in [-0.39, 0.29) is 0 Å². The maximum absolute atomic E-state index is 13.2. The van der Waals surface area contributed by atoms with Crippen LogP contribution >= 0.6 is 0 Å². The molecule has 1 aliphatic heterocycles. The summed E-state index contributed by atoms with van der Waals surface area (Å²) in [4.78, 5) is 34.7. The van der Waals surface area contributed by atoms with Gasteiger partial charge in [-0.1, -0.05) is 0 Å². The molecule has 1 N–H and O–H groups in total. The van der Waals surface area contributed by atoms with E-state index in [0.29, 0.717) is 4.90 Å². The number of rotatable bonds is 1. The van der Waals surface area contributed by atoms with Crippen molar-refractivity contribution in [1.82, 2.24) is 4.90 Å². The average Bonchev–Trinajstić information content (AvgIpc) is 2.59. The first-order chi connectivity index (χ1) is 8.48. The van der Waals surface area contributed by atoms with Gasteiger partial charge in [-0.2, -0.15) is 0 Å². The molecule has 19 heavy (non-hydrogen) atoms. The Balaban J connectivity index is 2.25. The van der Waals surface area contributed by atoms with E-state index in [1.807, 2.05) is 0 Å². The Labute approximate surface area is 107 Å². The number of nitrogens with zero attached hydrogens (tertiary/aromatic N) is 1. The Hall–Kier alpha value is -1.73. The summed E-state index contributed by atoms with van der Waals surface area (Å²) >= 11 is 0. The zero-order chi connectivity index (χ0) is 14.7. The fourth-order valence-electron chi connectivity index (χ4n) is 2.29. The summed E-state index contributed by atoms with van der Waals surface area (Å²) in [5.74, 6) is -9.54. The predicted molar refractivity (Wildman–Crippen MR) is 56.4 cm³/mol. The van der Waals surface area contributed by atoms with E-state index in [1.165, 1.54) is 20.8 Å². The van der Waals surface area contributed by atoms with Gasteiger partial charge in [0.1, 0.15) is 17.6 Å². The Morgan fingerprint density at radius 1 is 1.37 bits per heavy atom. The molecule has 3 atom stereocenters. The van der Waals surface area contributed by atoms with Crippen LogP contribution in [0.1, 0.15) is 20.8 Å². The molecule has 0 unspecified atom stereocenters. The minimum Gasteiger partial charge on any atom is -0.480 e. The number of aliphatic carboxylic acids is 1. The molecular weight excluding hydrogens is 264 g/mol. The van der Waals surface area contributed by atoms with Crippen LogP contribution in [0.3, 0.4) is 0 Å². The first kappa shape index (κ1) is 13.7. The molecule has 2 amide bonds. The molecule has 2 aliphatic rings. The lowest BCUT2D eigenvalue weighted by molar-refractivity contribution is -0.151. The molecule has 1 saturated carbocycles. The fraction of sp³-hybridized carbons (Fsp3) is 0.727. The monoisotopic (exact) mass is 277 g/mol. The van der Waals surface area contributed by atoms with Crippen LogP contribution in [0.4, 0.5) is 13.6 Å². The zero-order valence-electron chi connectivity index (χ0n) is 10.5. The second-order valence-electron chi connectivity index (χ2n) is 5.65. The minimum absolute atomic E-state index is 0.292. The van der Waals surface area contributed by atoms with Gasteiger partial charge in [-0.3, -0.25) is 4.79 Å². The summed E-state index contributed by atoms with van der Waals surface area (Å²) < 4.78 is 31.3. The number of carboxylic acid groups (broad SMARTS) is 1. The molecule has 6 nitrogen and oxygen atoms in total. The smallest absolute Gasteiger partial charge is 0.417 e. The number of hydrogen-bond acceptors (Lipinski definition) is 4. The van der Waals surface area contributed by atoms with E-state index in [9.17, 15) is 23.2 Å². The average molecular weight is 277 g/mol. The van der Waals surface area contributed by atoms with Gasteiger partial charge in [0.2, 0.25) is 5.91 Å². The van der Waals surface area contributed by atoms with E-state index in [0.717, 1.165) is 0 Å². The molecule has 0 aromatic heterocycles. The number of hydrogen-bond donors (Lipinski definition) is 1. The Morgan fingerprint density at radius 2 is 1.89 bits per heavy atom. The summed E-state index contributed by atoms with van der Waals surface area (Å²) in [6, 6.07) is -1.86. The maximum atomic E-state index is 13.2. The maximum Gasteiger partial charge on any atom is 0.417 e. The van der Waals surface area contributed by atoms with E-state index in [1.54, 1.807) is 0 Å². The van der Waals surface area contributed by atoms with Crippen molar-refractivity contribution >= 4 is 18.0 Å². The molecule has 2 rings (SSSR count). The molecule has 1 aliphatic carbocycles. The summed E-state index contributed by atoms with van der Waals surface area (Å²) in [7, 11) is 0. The van der Waals surface area contributed by atoms with Crippen molar-refractivity contribution in [2.45, 2.75) is 38.3 Å². The number of carbonyl (C=O) groups is 3. The molecule has 8 heteroatoms. The third-order valence-electron chi connectivity index (χ3n) is 3.07. The lowest BCUT2D eigenvalue weighted by Gasteiger charge is -2.27. The van der Waals surface area contributed by atoms with Gasteiger partial charge in [-0.25, -0.2) is 23.3 Å². The topological polar surface area (TPSA) is 83.9 Å². The van der Waals surface area contributed by atoms with Crippen molar-refractivity contribution in [3.63, 3.8) is 0 Å². The van der Waals surface area contributed by atoms with Gasteiger partial charge in [0, 0.05) is 0 Å². The molecule has 106 valence electrons. The largest absolute Gasteiger partial charge is 0.480 e. The van der Waals surface area contributed by atoms with E-state index in [2.05, 4.69) is 0 Å². The molecule has 0 radical (unpaired) electrons. The number of amides is 2. The number of alkyl halides is 2. The third-order valence-corrected chi connectivity index (χ3v) is 3.07. The normalized spacial score (nSPS) is 31.9. The lowest BCUT2D eigenvalue weighted by atomic mass is 10.2. The van der Waals surface area contributed by atoms with Crippen LogP contribution in [0.25, 0.3) is 0 Å². The number of carbonyl (C=O) groups excluding carboxylic acids is 2. The number of fused-ring (bicyclic) bond motifs is 1. The van der Waals surface area contributed by atoms with Crippen molar-refractivity contribution < 1.29 is 33.0 Å². The molecule has 1 saturated heterocycles. The number of carboxylic acids is 1. The van der Waals surface area contributed by atoms with Gasteiger partial charge >= 0.3 is 12.1 Å². The Bertz CT molecular complexity index is 470. The summed E-state index contributed by atoms with van der Waals surface area (Å²) in [6.45, 7) is 4.57. The quantitative estimate of drug-likeness (QED) is 0.775. The van der Waals surface area contributed by atoms with Gasteiger partial charge in [0.15, 0.2) is 0 Å². The van der Waals surface area contributed by atoms with Crippen molar-refractivity contribution in [2.24, 2.45) is 11.8 Å². The Morgan fingerprint density at radius 3 is 2.32 bits per heavy atom. The molecular formula is C11H13F2NO5. The SMILES string of the molecule is CC(C)(C)OC(=O)N1C(=O)[C@@H]2[C@H]([C@@H]1C(=O)O)C2(F)F. The summed E-state index contributed by atoms with van der Waals surface area (Å²) in [5, 5.41) is 8.94. The van der Waals surface area contributed by atoms with Gasteiger partial charge < -0.3 is 9.84 Å². The van der Waals surface area contributed by atoms with E-state index in [4.69, 9.17) is 9.84 Å². The number of piperidine rings is 1. The number of ether oxygens (including phenoxy) is 1. The number of likely N-dealkylation sites (tertiary alicyclic amines) is 1. The molecule has 2 fully saturated rings. The molecule has 1 heterocycles. The molecule has 0 aromatic rings. The van der Waals surface area contributed by atoms with Crippen molar-refractivity contribution in [3.8, 4) is 0 Å². The lowest BCUT2D eigenvalue weighted by Crippen LogP contribution is -2.50. The minimum atomic E-state index is -3.35. The van der Waals surface area contributed by atoms with Crippen LogP contribution in [0, 0.1) is 11.8 Å². The fourth-order valence-corrected chi connectivity index (χ4v) is 2.29. The Kier molecular flexibility index (Phi) is 2.63. The van der Waals surface area contributed by atoms with Crippen molar-refractivity contribution in [2.75, 3.05) is 0 Å². The molecule has 0 bridgehead atoms. The third kappa shape index (κ3) is 1.95. The standard InChI is InChI=1S/C11H13F2NO5/c1-10(2,3)19-9(18)14-6(8(16)17)4-5(7(14)15)11(4,12)13/h4-6H,1-3H3,(H,16,17)/t4-,5+,6-/m1/s1. The van der Waals surface area contributed by atoms with Crippen LogP contribution in [-0.4, -0.2) is 45.5 Å². The van der Waals surface area contributed by atoms with Crippen molar-refractivity contribution in [3.05, 3.63) is 0 Å². The van der Waals surface area contributed by atoms with Crippen LogP contribution in [0.5, 0.6) is 0 Å². The second kappa shape index (κ2) is 3.64. The van der Waals surface area contributed by atoms with Gasteiger partial charge in [0.25, 0.3) is 5.92 Å². The summed E-state index contributed by atoms with van der Waals surface area (Å²) in [5.41, 5.74) is -0.949. The van der Waals surface area contributed by atoms with Gasteiger partial charge in [-0.15, -0.1) is 0 Å². The van der Waals surface area contributed by atoms with Crippen LogP contribution in [0.2, 0.25) is 0 Å². The zero-order valence-corrected chi connectivity index (χ0v) is 10.5. The number of imide groups is 1. The van der Waals surface area contributed by atoms with Crippen LogP contribution < -0.4 is 0 Å². The highest BCUT2D eigenvalue weighted by Crippen LogP contribution is 2.63. The van der Waals surface area contributed by atoms with E-state index >= 15 is 0 Å². The van der Waals surface area contributed by atoms with Gasteiger partial charge in [-0.05, 0) is 20.8 Å². The van der Waals surface area contributed by atoms with Crippen molar-refractivity contribution in [1.29, 1.82) is 0 Å². The van der Waals surface area contributed by atoms with Gasteiger partial charge in [0.05, 0.1) is 5.92 Å². The molecule has 0 spiro atoms. The first-order valence-corrected chi connectivity index (χ1v) is 5.65. The number of halogens is 2. The summed E-state index contributed by atoms with van der Waals surface area (Å²) in [6.07, 6.45) is -1.20.